The normalized spacial score (nSPS) is 11.7. The van der Waals surface area contributed by atoms with E-state index in [1.807, 2.05) is 19.1 Å². The standard InChI is InChI=1S/C15H22N2O2/c1-4-13-5-7-14(8-6-13)11(2)17-15(19)9-10-16-12(3)18/h5-8,11H,4,9-10H2,1-3H3,(H,16,18)(H,17,19). The van der Waals surface area contributed by atoms with Crippen molar-refractivity contribution in [2.24, 2.45) is 0 Å². The predicted molar refractivity (Wildman–Crippen MR) is 75.7 cm³/mol. The number of benzene rings is 1. The lowest BCUT2D eigenvalue weighted by Crippen LogP contribution is -2.31. The number of aryl methyl sites for hydroxylation is 1. The molecule has 0 radical (unpaired) electrons. The molecule has 0 saturated heterocycles. The topological polar surface area (TPSA) is 58.2 Å². The monoisotopic (exact) mass is 262 g/mol. The highest BCUT2D eigenvalue weighted by molar-refractivity contribution is 5.78. The van der Waals surface area contributed by atoms with Gasteiger partial charge >= 0.3 is 0 Å². The van der Waals surface area contributed by atoms with Crippen molar-refractivity contribution in [1.82, 2.24) is 10.6 Å². The highest BCUT2D eigenvalue weighted by Gasteiger charge is 2.09. The van der Waals surface area contributed by atoms with Gasteiger partial charge in [-0.25, -0.2) is 0 Å². The molecule has 2 amide bonds. The summed E-state index contributed by atoms with van der Waals surface area (Å²) in [5, 5.41) is 5.52. The molecular weight excluding hydrogens is 240 g/mol. The maximum Gasteiger partial charge on any atom is 0.222 e. The number of rotatable bonds is 6. The van der Waals surface area contributed by atoms with Gasteiger partial charge in [0.1, 0.15) is 0 Å². The van der Waals surface area contributed by atoms with Gasteiger partial charge in [0.2, 0.25) is 11.8 Å². The number of hydrogen-bond acceptors (Lipinski definition) is 2. The first-order chi connectivity index (χ1) is 9.02. The van der Waals surface area contributed by atoms with Crippen LogP contribution in [0.15, 0.2) is 24.3 Å². The molecule has 0 heterocycles. The largest absolute Gasteiger partial charge is 0.356 e. The first-order valence-corrected chi connectivity index (χ1v) is 6.65. The van der Waals surface area contributed by atoms with Crippen molar-refractivity contribution in [1.29, 1.82) is 0 Å². The van der Waals surface area contributed by atoms with E-state index in [0.29, 0.717) is 13.0 Å². The minimum absolute atomic E-state index is 0.0178. The van der Waals surface area contributed by atoms with Crippen LogP contribution in [-0.2, 0) is 16.0 Å². The zero-order chi connectivity index (χ0) is 14.3. The molecule has 0 saturated carbocycles. The first kappa shape index (κ1) is 15.2. The Morgan fingerprint density at radius 1 is 1.21 bits per heavy atom. The SMILES string of the molecule is CCc1ccc(C(C)NC(=O)CCNC(C)=O)cc1. The minimum atomic E-state index is -0.115. The molecule has 0 bridgehead atoms. The lowest BCUT2D eigenvalue weighted by Gasteiger charge is -2.15. The molecule has 0 aliphatic rings. The quantitative estimate of drug-likeness (QED) is 0.823. The van der Waals surface area contributed by atoms with Gasteiger partial charge in [-0.15, -0.1) is 0 Å². The molecule has 19 heavy (non-hydrogen) atoms. The van der Waals surface area contributed by atoms with E-state index in [0.717, 1.165) is 12.0 Å². The van der Waals surface area contributed by atoms with E-state index in [4.69, 9.17) is 0 Å². The molecule has 0 fully saturated rings. The number of carbonyl (C=O) groups excluding carboxylic acids is 2. The van der Waals surface area contributed by atoms with E-state index in [1.165, 1.54) is 12.5 Å². The molecule has 2 N–H and O–H groups in total. The Bertz CT molecular complexity index is 426. The van der Waals surface area contributed by atoms with Gasteiger partial charge in [-0.1, -0.05) is 31.2 Å². The van der Waals surface area contributed by atoms with Crippen molar-refractivity contribution in [3.63, 3.8) is 0 Å². The Morgan fingerprint density at radius 2 is 1.84 bits per heavy atom. The minimum Gasteiger partial charge on any atom is -0.356 e. The highest BCUT2D eigenvalue weighted by Crippen LogP contribution is 2.13. The summed E-state index contributed by atoms with van der Waals surface area (Å²) in [6, 6.07) is 8.22. The zero-order valence-electron chi connectivity index (χ0n) is 11.8. The van der Waals surface area contributed by atoms with Gasteiger partial charge in [0.05, 0.1) is 6.04 Å². The molecule has 4 nitrogen and oxygen atoms in total. The summed E-state index contributed by atoms with van der Waals surface area (Å²) in [5.74, 6) is -0.170. The predicted octanol–water partition coefficient (Wildman–Crippen LogP) is 1.95. The van der Waals surface area contributed by atoms with Gasteiger partial charge < -0.3 is 10.6 Å². The highest BCUT2D eigenvalue weighted by atomic mass is 16.2. The Kier molecular flexibility index (Phi) is 6.06. The molecule has 4 heteroatoms. The molecule has 0 aromatic heterocycles. The third-order valence-corrected chi connectivity index (χ3v) is 2.99. The molecule has 0 aliphatic carbocycles. The second kappa shape index (κ2) is 7.56. The molecular formula is C15H22N2O2. The molecule has 1 aromatic carbocycles. The van der Waals surface area contributed by atoms with Crippen molar-refractivity contribution in [3.8, 4) is 0 Å². The van der Waals surface area contributed by atoms with Crippen LogP contribution in [0.2, 0.25) is 0 Å². The average molecular weight is 262 g/mol. The van der Waals surface area contributed by atoms with Gasteiger partial charge in [0.25, 0.3) is 0 Å². The van der Waals surface area contributed by atoms with Crippen molar-refractivity contribution >= 4 is 11.8 Å². The maximum atomic E-state index is 11.7. The Labute approximate surface area is 114 Å². The average Bonchev–Trinajstić information content (AvgIpc) is 2.38. The number of hydrogen-bond donors (Lipinski definition) is 2. The van der Waals surface area contributed by atoms with Crippen molar-refractivity contribution in [3.05, 3.63) is 35.4 Å². The van der Waals surface area contributed by atoms with Crippen LogP contribution < -0.4 is 10.6 Å². The molecule has 1 atom stereocenters. The van der Waals surface area contributed by atoms with Crippen molar-refractivity contribution in [2.45, 2.75) is 39.7 Å². The van der Waals surface area contributed by atoms with Gasteiger partial charge in [0.15, 0.2) is 0 Å². The molecule has 0 spiro atoms. The third kappa shape index (κ3) is 5.55. The van der Waals surface area contributed by atoms with E-state index in [9.17, 15) is 9.59 Å². The fraction of sp³-hybridized carbons (Fsp3) is 0.467. The van der Waals surface area contributed by atoms with Crippen LogP contribution in [0.4, 0.5) is 0 Å². The van der Waals surface area contributed by atoms with E-state index >= 15 is 0 Å². The van der Waals surface area contributed by atoms with Crippen LogP contribution in [-0.4, -0.2) is 18.4 Å². The third-order valence-electron chi connectivity index (χ3n) is 2.99. The molecule has 1 aromatic rings. The smallest absolute Gasteiger partial charge is 0.222 e. The summed E-state index contributed by atoms with van der Waals surface area (Å²) >= 11 is 0. The van der Waals surface area contributed by atoms with Crippen molar-refractivity contribution < 1.29 is 9.59 Å². The lowest BCUT2D eigenvalue weighted by atomic mass is 10.0. The van der Waals surface area contributed by atoms with Crippen LogP contribution in [0.25, 0.3) is 0 Å². The Balaban J connectivity index is 2.42. The molecule has 0 aliphatic heterocycles. The number of amides is 2. The number of carbonyl (C=O) groups is 2. The van der Waals surface area contributed by atoms with Crippen LogP contribution in [0, 0.1) is 0 Å². The summed E-state index contributed by atoms with van der Waals surface area (Å²) in [7, 11) is 0. The summed E-state index contributed by atoms with van der Waals surface area (Å²) in [4.78, 5) is 22.4. The van der Waals surface area contributed by atoms with Gasteiger partial charge in [-0.05, 0) is 24.5 Å². The van der Waals surface area contributed by atoms with Gasteiger partial charge in [-0.2, -0.15) is 0 Å². The van der Waals surface area contributed by atoms with E-state index < -0.39 is 0 Å². The molecule has 1 rings (SSSR count). The van der Waals surface area contributed by atoms with Crippen molar-refractivity contribution in [2.75, 3.05) is 6.54 Å². The Morgan fingerprint density at radius 3 is 2.37 bits per heavy atom. The lowest BCUT2D eigenvalue weighted by molar-refractivity contribution is -0.122. The zero-order valence-corrected chi connectivity index (χ0v) is 11.8. The maximum absolute atomic E-state index is 11.7. The van der Waals surface area contributed by atoms with Gasteiger partial charge in [-0.3, -0.25) is 9.59 Å². The molecule has 104 valence electrons. The second-order valence-electron chi connectivity index (χ2n) is 4.62. The summed E-state index contributed by atoms with van der Waals surface area (Å²) in [6.45, 7) is 5.89. The summed E-state index contributed by atoms with van der Waals surface area (Å²) < 4.78 is 0. The summed E-state index contributed by atoms with van der Waals surface area (Å²) in [6.07, 6.45) is 1.31. The van der Waals surface area contributed by atoms with E-state index in [2.05, 4.69) is 29.7 Å². The fourth-order valence-electron chi connectivity index (χ4n) is 1.79. The van der Waals surface area contributed by atoms with Gasteiger partial charge in [0, 0.05) is 19.9 Å². The summed E-state index contributed by atoms with van der Waals surface area (Å²) in [5.41, 5.74) is 2.37. The molecule has 1 unspecified atom stereocenters. The Hall–Kier alpha value is -1.84. The van der Waals surface area contributed by atoms with Crippen LogP contribution in [0.3, 0.4) is 0 Å². The van der Waals surface area contributed by atoms with E-state index in [1.54, 1.807) is 0 Å². The second-order valence-corrected chi connectivity index (χ2v) is 4.62. The van der Waals surface area contributed by atoms with Crippen LogP contribution in [0.5, 0.6) is 0 Å². The number of nitrogens with one attached hydrogen (secondary N) is 2. The van der Waals surface area contributed by atoms with Crippen LogP contribution in [0.1, 0.15) is 44.4 Å². The van der Waals surface area contributed by atoms with E-state index in [-0.39, 0.29) is 17.9 Å². The first-order valence-electron chi connectivity index (χ1n) is 6.65. The fourth-order valence-corrected chi connectivity index (χ4v) is 1.79. The van der Waals surface area contributed by atoms with Crippen LogP contribution >= 0.6 is 0 Å².